The molecule has 140 valence electrons. The number of carbonyl (C=O) groups excluding carboxylic acids is 4. The van der Waals surface area contributed by atoms with Gasteiger partial charge in [-0.3, -0.25) is 29.6 Å². The van der Waals surface area contributed by atoms with Crippen molar-refractivity contribution in [3.05, 3.63) is 47.7 Å². The standard InChI is InChI=1S/C17H17N5O5/c23-14-8-13(16(25)20-22-7-6-18-17(22)26)19-9-12(14)15(24)21-27-10-11-4-2-1-3-5-11/h1-5,8-9,12H,6-7,10H2,(H,18,26)(H,20,25)(H,21,24). The quantitative estimate of drug-likeness (QED) is 0.456. The zero-order valence-electron chi connectivity index (χ0n) is 14.2. The molecule has 4 amide bonds. The average molecular weight is 371 g/mol. The molecule has 0 bridgehead atoms. The molecule has 3 rings (SSSR count). The summed E-state index contributed by atoms with van der Waals surface area (Å²) < 4.78 is 0. The maximum Gasteiger partial charge on any atom is 0.336 e. The first kappa shape index (κ1) is 18.3. The second kappa shape index (κ2) is 8.23. The van der Waals surface area contributed by atoms with Crippen LogP contribution in [-0.4, -0.2) is 47.9 Å². The van der Waals surface area contributed by atoms with Crippen LogP contribution in [0.15, 0.2) is 47.1 Å². The van der Waals surface area contributed by atoms with Gasteiger partial charge in [-0.05, 0) is 5.56 Å². The molecule has 1 aromatic carbocycles. The van der Waals surface area contributed by atoms with Crippen molar-refractivity contribution < 1.29 is 24.0 Å². The monoisotopic (exact) mass is 371 g/mol. The van der Waals surface area contributed by atoms with Gasteiger partial charge in [-0.2, -0.15) is 0 Å². The van der Waals surface area contributed by atoms with Crippen LogP contribution in [0.4, 0.5) is 4.79 Å². The Morgan fingerprint density at radius 3 is 2.70 bits per heavy atom. The molecule has 10 nitrogen and oxygen atoms in total. The Kier molecular flexibility index (Phi) is 5.57. The Morgan fingerprint density at radius 1 is 1.26 bits per heavy atom. The number of hydrogen-bond donors (Lipinski definition) is 3. The number of aliphatic imine (C=N–C) groups is 1. The number of rotatable bonds is 6. The Balaban J connectivity index is 1.50. The summed E-state index contributed by atoms with van der Waals surface area (Å²) in [6.45, 7) is 0.858. The zero-order valence-corrected chi connectivity index (χ0v) is 14.2. The molecule has 1 unspecified atom stereocenters. The molecule has 0 radical (unpaired) electrons. The molecular weight excluding hydrogens is 354 g/mol. The van der Waals surface area contributed by atoms with Crippen molar-refractivity contribution in [3.8, 4) is 0 Å². The molecule has 27 heavy (non-hydrogen) atoms. The molecule has 0 aromatic heterocycles. The van der Waals surface area contributed by atoms with E-state index in [2.05, 4.69) is 21.2 Å². The normalized spacial score (nSPS) is 18.7. The van der Waals surface area contributed by atoms with Gasteiger partial charge in [0.15, 0.2) is 5.78 Å². The van der Waals surface area contributed by atoms with Gasteiger partial charge in [-0.1, -0.05) is 30.3 Å². The Bertz CT molecular complexity index is 820. The summed E-state index contributed by atoms with van der Waals surface area (Å²) in [5.41, 5.74) is 5.20. The lowest BCUT2D eigenvalue weighted by molar-refractivity contribution is -0.139. The van der Waals surface area contributed by atoms with Crippen LogP contribution in [0.1, 0.15) is 5.56 Å². The number of nitrogens with zero attached hydrogens (tertiary/aromatic N) is 2. The predicted octanol–water partition coefficient (Wildman–Crippen LogP) is -0.556. The number of amides is 4. The first-order valence-corrected chi connectivity index (χ1v) is 8.16. The van der Waals surface area contributed by atoms with E-state index in [4.69, 9.17) is 4.84 Å². The minimum Gasteiger partial charge on any atom is -0.335 e. The number of hydrazine groups is 1. The van der Waals surface area contributed by atoms with E-state index in [9.17, 15) is 19.2 Å². The van der Waals surface area contributed by atoms with Crippen molar-refractivity contribution in [2.24, 2.45) is 10.9 Å². The van der Waals surface area contributed by atoms with Crippen molar-refractivity contribution in [2.45, 2.75) is 6.61 Å². The summed E-state index contributed by atoms with van der Waals surface area (Å²) in [4.78, 5) is 56.6. The number of ketones is 1. The number of allylic oxidation sites excluding steroid dienone is 1. The molecule has 2 aliphatic heterocycles. The molecule has 2 heterocycles. The average Bonchev–Trinajstić information content (AvgIpc) is 3.07. The molecule has 2 aliphatic rings. The van der Waals surface area contributed by atoms with Crippen molar-refractivity contribution >= 4 is 29.8 Å². The number of carbonyl (C=O) groups is 4. The molecule has 0 spiro atoms. The van der Waals surface area contributed by atoms with Gasteiger partial charge in [-0.15, -0.1) is 0 Å². The first-order valence-electron chi connectivity index (χ1n) is 8.16. The molecule has 1 fully saturated rings. The van der Waals surface area contributed by atoms with Crippen LogP contribution in [-0.2, 0) is 25.8 Å². The number of hydrogen-bond acceptors (Lipinski definition) is 6. The number of nitrogens with one attached hydrogen (secondary N) is 3. The second-order valence-corrected chi connectivity index (χ2v) is 5.75. The third-order valence-electron chi connectivity index (χ3n) is 3.81. The molecule has 1 aromatic rings. The first-order chi connectivity index (χ1) is 13.0. The van der Waals surface area contributed by atoms with E-state index in [0.717, 1.165) is 22.9 Å². The van der Waals surface area contributed by atoms with Crippen LogP contribution in [0.5, 0.6) is 0 Å². The third-order valence-corrected chi connectivity index (χ3v) is 3.81. The summed E-state index contributed by atoms with van der Waals surface area (Å²) in [7, 11) is 0. The lowest BCUT2D eigenvalue weighted by Crippen LogP contribution is -2.45. The van der Waals surface area contributed by atoms with E-state index in [1.807, 2.05) is 30.3 Å². The fraction of sp³-hybridized carbons (Fsp3) is 0.235. The highest BCUT2D eigenvalue weighted by atomic mass is 16.6. The predicted molar refractivity (Wildman–Crippen MR) is 92.7 cm³/mol. The topological polar surface area (TPSA) is 129 Å². The van der Waals surface area contributed by atoms with Crippen LogP contribution in [0.25, 0.3) is 0 Å². The molecular formula is C17H17N5O5. The minimum atomic E-state index is -1.19. The van der Waals surface area contributed by atoms with Crippen molar-refractivity contribution in [3.63, 3.8) is 0 Å². The van der Waals surface area contributed by atoms with E-state index in [0.29, 0.717) is 13.1 Å². The van der Waals surface area contributed by atoms with Gasteiger partial charge < -0.3 is 5.32 Å². The summed E-state index contributed by atoms with van der Waals surface area (Å²) in [6, 6.07) is 8.74. The molecule has 0 saturated carbocycles. The van der Waals surface area contributed by atoms with Gasteiger partial charge in [0.2, 0.25) is 0 Å². The van der Waals surface area contributed by atoms with Gasteiger partial charge >= 0.3 is 6.03 Å². The van der Waals surface area contributed by atoms with Gasteiger partial charge in [0, 0.05) is 18.8 Å². The molecule has 0 aliphatic carbocycles. The molecule has 1 atom stereocenters. The number of benzene rings is 1. The number of hydroxylamine groups is 1. The summed E-state index contributed by atoms with van der Waals surface area (Å²) in [6.07, 6.45) is 2.03. The van der Waals surface area contributed by atoms with Gasteiger partial charge in [0.05, 0.1) is 13.2 Å². The summed E-state index contributed by atoms with van der Waals surface area (Å²) >= 11 is 0. The van der Waals surface area contributed by atoms with Gasteiger partial charge in [-0.25, -0.2) is 15.3 Å². The van der Waals surface area contributed by atoms with Crippen molar-refractivity contribution in [1.82, 2.24) is 21.2 Å². The van der Waals surface area contributed by atoms with Crippen molar-refractivity contribution in [1.29, 1.82) is 0 Å². The van der Waals surface area contributed by atoms with Crippen molar-refractivity contribution in [2.75, 3.05) is 13.1 Å². The fourth-order valence-corrected chi connectivity index (χ4v) is 2.40. The van der Waals surface area contributed by atoms with E-state index in [-0.39, 0.29) is 12.3 Å². The molecule has 1 saturated heterocycles. The highest BCUT2D eigenvalue weighted by molar-refractivity contribution is 6.21. The van der Waals surface area contributed by atoms with E-state index in [1.54, 1.807) is 0 Å². The van der Waals surface area contributed by atoms with E-state index >= 15 is 0 Å². The lowest BCUT2D eigenvalue weighted by Gasteiger charge is -2.17. The highest BCUT2D eigenvalue weighted by Crippen LogP contribution is 2.11. The SMILES string of the molecule is O=C(NN1CCNC1=O)C1=CC(=O)C(C(=O)NOCc2ccccc2)C=N1. The van der Waals surface area contributed by atoms with Crippen LogP contribution in [0, 0.1) is 5.92 Å². The van der Waals surface area contributed by atoms with E-state index in [1.165, 1.54) is 0 Å². The fourth-order valence-electron chi connectivity index (χ4n) is 2.40. The van der Waals surface area contributed by atoms with E-state index < -0.39 is 29.5 Å². The zero-order chi connectivity index (χ0) is 19.2. The van der Waals surface area contributed by atoms with Crippen LogP contribution in [0.3, 0.4) is 0 Å². The van der Waals surface area contributed by atoms with Gasteiger partial charge in [0.1, 0.15) is 11.6 Å². The molecule has 3 N–H and O–H groups in total. The van der Waals surface area contributed by atoms with Crippen LogP contribution < -0.4 is 16.2 Å². The largest absolute Gasteiger partial charge is 0.336 e. The minimum absolute atomic E-state index is 0.145. The summed E-state index contributed by atoms with van der Waals surface area (Å²) in [5, 5.41) is 3.60. The van der Waals surface area contributed by atoms with Gasteiger partial charge in [0.25, 0.3) is 11.8 Å². The highest BCUT2D eigenvalue weighted by Gasteiger charge is 2.30. The Labute approximate surface area is 154 Å². The maximum atomic E-state index is 12.1. The van der Waals surface area contributed by atoms with Crippen LogP contribution in [0.2, 0.25) is 0 Å². The van der Waals surface area contributed by atoms with Crippen LogP contribution >= 0.6 is 0 Å². The molecule has 10 heteroatoms. The maximum absolute atomic E-state index is 12.1. The lowest BCUT2D eigenvalue weighted by atomic mass is 10.0. The number of urea groups is 1. The third kappa shape index (κ3) is 4.55. The Hall–Kier alpha value is -3.53. The second-order valence-electron chi connectivity index (χ2n) is 5.75. The summed E-state index contributed by atoms with van der Waals surface area (Å²) in [5.74, 6) is -3.20. The Morgan fingerprint density at radius 2 is 2.04 bits per heavy atom. The smallest absolute Gasteiger partial charge is 0.335 e.